The molecule has 6 rings (SSSR count). The Labute approximate surface area is 205 Å². The van der Waals surface area contributed by atoms with Gasteiger partial charge in [0.2, 0.25) is 0 Å². The van der Waals surface area contributed by atoms with E-state index < -0.39 is 12.7 Å². The van der Waals surface area contributed by atoms with Crippen LogP contribution in [0.3, 0.4) is 0 Å². The largest absolute Gasteiger partial charge is 0.434 e. The van der Waals surface area contributed by atoms with Crippen LogP contribution in [0.4, 0.5) is 13.2 Å². The maximum absolute atomic E-state index is 14.6. The predicted octanol–water partition coefficient (Wildman–Crippen LogP) is 5.91. The summed E-state index contributed by atoms with van der Waals surface area (Å²) in [6.07, 6.45) is 3.52. The van der Waals surface area contributed by atoms with Crippen molar-refractivity contribution in [1.82, 2.24) is 19.4 Å². The van der Waals surface area contributed by atoms with E-state index in [9.17, 15) is 18.0 Å². The number of fused-ring (bicyclic) bond motifs is 9. The van der Waals surface area contributed by atoms with Crippen molar-refractivity contribution in [3.63, 3.8) is 0 Å². The zero-order valence-electron chi connectivity index (χ0n) is 19.7. The highest BCUT2D eigenvalue weighted by Gasteiger charge is 2.45. The third-order valence-corrected chi connectivity index (χ3v) is 7.14. The van der Waals surface area contributed by atoms with Crippen molar-refractivity contribution in [1.29, 1.82) is 0 Å². The lowest BCUT2D eigenvalue weighted by Crippen LogP contribution is -2.30. The van der Waals surface area contributed by atoms with Crippen LogP contribution in [-0.2, 0) is 6.42 Å². The molecule has 0 radical (unpaired) electrons. The predicted molar refractivity (Wildman–Crippen MR) is 128 cm³/mol. The van der Waals surface area contributed by atoms with Gasteiger partial charge in [0.25, 0.3) is 5.91 Å². The van der Waals surface area contributed by atoms with Crippen LogP contribution in [0.25, 0.3) is 22.2 Å². The number of nitrogens with zero attached hydrogens (tertiary/aromatic N) is 4. The van der Waals surface area contributed by atoms with Gasteiger partial charge in [-0.2, -0.15) is 8.78 Å². The molecule has 2 aliphatic rings. The van der Waals surface area contributed by atoms with Gasteiger partial charge in [-0.25, -0.2) is 9.37 Å². The van der Waals surface area contributed by atoms with E-state index in [1.165, 1.54) is 12.1 Å². The van der Waals surface area contributed by atoms with Crippen LogP contribution in [0.1, 0.15) is 59.3 Å². The van der Waals surface area contributed by atoms with Gasteiger partial charge in [0.15, 0.2) is 0 Å². The minimum atomic E-state index is -3.02. The summed E-state index contributed by atoms with van der Waals surface area (Å²) in [6, 6.07) is 11.0. The fourth-order valence-electron chi connectivity index (χ4n) is 5.50. The third-order valence-electron chi connectivity index (χ3n) is 7.14. The van der Waals surface area contributed by atoms with Gasteiger partial charge >= 0.3 is 6.61 Å². The Bertz CT molecular complexity index is 1520. The fraction of sp³-hybridized carbons (Fsp3) is 0.296. The van der Waals surface area contributed by atoms with Crippen LogP contribution in [0.15, 0.2) is 48.7 Å². The van der Waals surface area contributed by atoms with Gasteiger partial charge in [-0.15, -0.1) is 0 Å². The van der Waals surface area contributed by atoms with Crippen LogP contribution in [0.2, 0.25) is 0 Å². The van der Waals surface area contributed by atoms with E-state index in [1.807, 2.05) is 29.7 Å². The summed E-state index contributed by atoms with van der Waals surface area (Å²) in [5.74, 6) is 0.0646. The van der Waals surface area contributed by atoms with Gasteiger partial charge in [-0.05, 0) is 42.3 Å². The Balaban J connectivity index is 1.53. The molecule has 0 saturated carbocycles. The van der Waals surface area contributed by atoms with E-state index in [-0.39, 0.29) is 23.5 Å². The molecule has 184 valence electrons. The molecule has 2 atom stereocenters. The first-order chi connectivity index (χ1) is 17.4. The molecule has 0 fully saturated rings. The number of rotatable bonds is 5. The normalized spacial score (nSPS) is 18.5. The van der Waals surface area contributed by atoms with E-state index in [4.69, 9.17) is 9.72 Å². The van der Waals surface area contributed by atoms with Crippen LogP contribution in [0, 0.1) is 5.82 Å². The smallest absolute Gasteiger partial charge is 0.387 e. The monoisotopic (exact) mass is 492 g/mol. The molecule has 6 nitrogen and oxygen atoms in total. The Kier molecular flexibility index (Phi) is 5.24. The van der Waals surface area contributed by atoms with Crippen LogP contribution < -0.4 is 4.74 Å². The van der Waals surface area contributed by atoms with E-state index in [1.54, 1.807) is 30.3 Å². The van der Waals surface area contributed by atoms with Crippen molar-refractivity contribution >= 4 is 16.9 Å². The van der Waals surface area contributed by atoms with Gasteiger partial charge < -0.3 is 14.2 Å². The van der Waals surface area contributed by atoms with Crippen molar-refractivity contribution in [2.24, 2.45) is 0 Å². The SMILES string of the molecule is CCCc1ncc(-c2ccc3nc4n(c3c2)[C@@H]2C[C@H]4N(C)C(=O)c3cccc(OC(F)F)c32)cc1F. The maximum Gasteiger partial charge on any atom is 0.387 e. The standard InChI is InChI=1S/C27H23F3N4O2/c1-3-5-18-17(28)10-15(13-31-18)14-8-9-19-20(11-14)34-21-12-22(25(34)32-19)33(2)26(35)16-6-4-7-23(24(16)21)36-27(29)30/h4,6-11,13,21-22,27H,3,5,12H2,1-2H3/t21-,22-/m1/s1. The third kappa shape index (κ3) is 3.37. The number of ether oxygens (including phenoxy) is 1. The van der Waals surface area contributed by atoms with Gasteiger partial charge in [0.05, 0.1) is 28.8 Å². The minimum Gasteiger partial charge on any atom is -0.434 e. The van der Waals surface area contributed by atoms with E-state index in [0.717, 1.165) is 17.5 Å². The molecule has 1 amide bonds. The summed E-state index contributed by atoms with van der Waals surface area (Å²) in [4.78, 5) is 24.0. The number of pyridine rings is 1. The van der Waals surface area contributed by atoms with Gasteiger partial charge in [0, 0.05) is 36.4 Å². The van der Waals surface area contributed by atoms with E-state index in [0.29, 0.717) is 46.6 Å². The summed E-state index contributed by atoms with van der Waals surface area (Å²) in [6.45, 7) is -1.05. The van der Waals surface area contributed by atoms with Crippen molar-refractivity contribution in [2.75, 3.05) is 7.05 Å². The Morgan fingerprint density at radius 3 is 2.72 bits per heavy atom. The van der Waals surface area contributed by atoms with Crippen LogP contribution >= 0.6 is 0 Å². The molecule has 4 heterocycles. The number of hydrogen-bond acceptors (Lipinski definition) is 4. The highest BCUT2D eigenvalue weighted by molar-refractivity contribution is 5.98. The average Bonchev–Trinajstić information content (AvgIpc) is 3.38. The quantitative estimate of drug-likeness (QED) is 0.348. The second kappa shape index (κ2) is 8.36. The zero-order chi connectivity index (χ0) is 25.1. The number of benzene rings is 2. The molecule has 2 bridgehead atoms. The Morgan fingerprint density at radius 1 is 1.14 bits per heavy atom. The number of amides is 1. The second-order valence-electron chi connectivity index (χ2n) is 9.23. The molecule has 36 heavy (non-hydrogen) atoms. The number of aromatic nitrogens is 3. The molecule has 0 unspecified atom stereocenters. The van der Waals surface area contributed by atoms with E-state index in [2.05, 4.69) is 4.98 Å². The summed E-state index contributed by atoms with van der Waals surface area (Å²) < 4.78 is 48.0. The first kappa shape index (κ1) is 22.6. The lowest BCUT2D eigenvalue weighted by Gasteiger charge is -2.24. The maximum atomic E-state index is 14.6. The number of imidazole rings is 1. The average molecular weight is 493 g/mol. The summed E-state index contributed by atoms with van der Waals surface area (Å²) in [5, 5.41) is 0. The number of alkyl halides is 2. The first-order valence-electron chi connectivity index (χ1n) is 11.9. The molecular weight excluding hydrogens is 469 g/mol. The van der Waals surface area contributed by atoms with Gasteiger partial charge in [-0.3, -0.25) is 9.78 Å². The molecule has 2 aliphatic heterocycles. The topological polar surface area (TPSA) is 60.2 Å². The van der Waals surface area contributed by atoms with Gasteiger partial charge in [0.1, 0.15) is 17.4 Å². The molecular formula is C27H23F3N4O2. The Morgan fingerprint density at radius 2 is 1.97 bits per heavy atom. The number of aryl methyl sites for hydroxylation is 1. The van der Waals surface area contributed by atoms with Crippen molar-refractivity contribution < 1.29 is 22.7 Å². The number of carbonyl (C=O) groups excluding carboxylic acids is 1. The number of carbonyl (C=O) groups is 1. The molecule has 2 aromatic carbocycles. The first-order valence-corrected chi connectivity index (χ1v) is 11.9. The van der Waals surface area contributed by atoms with Crippen molar-refractivity contribution in [2.45, 2.75) is 44.9 Å². The summed E-state index contributed by atoms with van der Waals surface area (Å²) in [7, 11) is 1.70. The van der Waals surface area contributed by atoms with Gasteiger partial charge in [-0.1, -0.05) is 25.5 Å². The zero-order valence-corrected chi connectivity index (χ0v) is 19.7. The molecule has 4 aromatic rings. The highest BCUT2D eigenvalue weighted by atomic mass is 19.3. The lowest BCUT2D eigenvalue weighted by atomic mass is 9.97. The molecule has 0 spiro atoms. The minimum absolute atomic E-state index is 0.0152. The molecule has 9 heteroatoms. The summed E-state index contributed by atoms with van der Waals surface area (Å²) >= 11 is 0. The fourth-order valence-corrected chi connectivity index (χ4v) is 5.50. The molecule has 0 aliphatic carbocycles. The highest BCUT2D eigenvalue weighted by Crippen LogP contribution is 2.50. The molecule has 0 N–H and O–H groups in total. The Hall–Kier alpha value is -3.88. The molecule has 2 aromatic heterocycles. The van der Waals surface area contributed by atoms with Crippen LogP contribution in [-0.4, -0.2) is 39.0 Å². The molecule has 0 saturated heterocycles. The number of halogens is 3. The van der Waals surface area contributed by atoms with Crippen molar-refractivity contribution in [3.05, 3.63) is 77.1 Å². The number of hydrogen-bond donors (Lipinski definition) is 0. The lowest BCUT2D eigenvalue weighted by molar-refractivity contribution is -0.0507. The summed E-state index contributed by atoms with van der Waals surface area (Å²) in [5.41, 5.74) is 4.08. The van der Waals surface area contributed by atoms with Crippen LogP contribution in [0.5, 0.6) is 5.75 Å². The second-order valence-corrected chi connectivity index (χ2v) is 9.23. The van der Waals surface area contributed by atoms with E-state index >= 15 is 0 Å². The van der Waals surface area contributed by atoms with Crippen molar-refractivity contribution in [3.8, 4) is 16.9 Å².